The van der Waals surface area contributed by atoms with Gasteiger partial charge in [0.05, 0.1) is 44.4 Å². The van der Waals surface area contributed by atoms with E-state index in [4.69, 9.17) is 14.2 Å². The molecule has 0 radical (unpaired) electrons. The Morgan fingerprint density at radius 3 is 2.36 bits per heavy atom. The Kier molecular flexibility index (Phi) is 4.97. The Labute approximate surface area is 191 Å². The normalized spacial score (nSPS) is 27.1. The number of nitrogens with one attached hydrogen (secondary N) is 1. The number of nitrogens with zero attached hydrogens (tertiary/aromatic N) is 1. The maximum absolute atomic E-state index is 13.4. The van der Waals surface area contributed by atoms with Crippen LogP contribution in [0.1, 0.15) is 15.9 Å². The van der Waals surface area contributed by atoms with Crippen LogP contribution in [0.15, 0.2) is 54.6 Å². The van der Waals surface area contributed by atoms with Crippen LogP contribution in [0.5, 0.6) is 11.5 Å². The Morgan fingerprint density at radius 2 is 1.73 bits per heavy atom. The number of rotatable bonds is 6. The van der Waals surface area contributed by atoms with Gasteiger partial charge in [-0.05, 0) is 31.2 Å². The van der Waals surface area contributed by atoms with E-state index >= 15 is 0 Å². The summed E-state index contributed by atoms with van der Waals surface area (Å²) in [7, 11) is 3.02. The SMILES string of the molecule is COc1cc(OC)cc(C(=O)NCC23C=CC(O2)C2C(=O)N(c4ccc(C)cc4)C(=O)C23)c1. The lowest BCUT2D eigenvalue weighted by Gasteiger charge is -2.29. The van der Waals surface area contributed by atoms with E-state index in [1.165, 1.54) is 19.1 Å². The van der Waals surface area contributed by atoms with Crippen molar-refractivity contribution in [2.45, 2.75) is 18.6 Å². The quantitative estimate of drug-likeness (QED) is 0.538. The topological polar surface area (TPSA) is 94.2 Å². The predicted octanol–water partition coefficient (Wildman–Crippen LogP) is 2.26. The van der Waals surface area contributed by atoms with Gasteiger partial charge in [0.15, 0.2) is 0 Å². The van der Waals surface area contributed by atoms with E-state index in [0.717, 1.165) is 5.56 Å². The first-order valence-electron chi connectivity index (χ1n) is 10.7. The van der Waals surface area contributed by atoms with Crippen molar-refractivity contribution < 1.29 is 28.6 Å². The van der Waals surface area contributed by atoms with Gasteiger partial charge in [0.25, 0.3) is 5.91 Å². The average molecular weight is 448 g/mol. The fourth-order valence-corrected chi connectivity index (χ4v) is 4.91. The number of anilines is 1. The number of ether oxygens (including phenoxy) is 3. The van der Waals surface area contributed by atoms with Crippen LogP contribution in [-0.2, 0) is 14.3 Å². The van der Waals surface area contributed by atoms with E-state index in [1.807, 2.05) is 25.1 Å². The van der Waals surface area contributed by atoms with Gasteiger partial charge in [-0.25, -0.2) is 4.90 Å². The molecular weight excluding hydrogens is 424 g/mol. The number of carbonyl (C=O) groups excluding carboxylic acids is 3. The monoisotopic (exact) mass is 448 g/mol. The maximum atomic E-state index is 13.4. The molecule has 1 N–H and O–H groups in total. The minimum Gasteiger partial charge on any atom is -0.497 e. The van der Waals surface area contributed by atoms with Crippen molar-refractivity contribution in [3.05, 3.63) is 65.7 Å². The molecule has 3 aliphatic heterocycles. The van der Waals surface area contributed by atoms with E-state index in [0.29, 0.717) is 22.7 Å². The van der Waals surface area contributed by atoms with Crippen molar-refractivity contribution in [3.63, 3.8) is 0 Å². The summed E-state index contributed by atoms with van der Waals surface area (Å²) in [6.45, 7) is 2.00. The number of amides is 3. The Hall–Kier alpha value is -3.65. The fraction of sp³-hybridized carbons (Fsp3) is 0.320. The second-order valence-corrected chi connectivity index (χ2v) is 8.53. The maximum Gasteiger partial charge on any atom is 0.251 e. The summed E-state index contributed by atoms with van der Waals surface area (Å²) in [4.78, 5) is 40.7. The minimum absolute atomic E-state index is 0.0558. The van der Waals surface area contributed by atoms with Crippen molar-refractivity contribution in [2.24, 2.45) is 11.8 Å². The summed E-state index contributed by atoms with van der Waals surface area (Å²) in [5.74, 6) is -1.26. The molecule has 2 aromatic rings. The Morgan fingerprint density at radius 1 is 1.06 bits per heavy atom. The highest BCUT2D eigenvalue weighted by Crippen LogP contribution is 2.52. The summed E-state index contributed by atoms with van der Waals surface area (Å²) in [5.41, 5.74) is 0.870. The molecule has 3 aliphatic rings. The second kappa shape index (κ2) is 7.74. The first kappa shape index (κ1) is 21.2. The van der Waals surface area contributed by atoms with Gasteiger partial charge in [0.2, 0.25) is 11.8 Å². The van der Waals surface area contributed by atoms with E-state index in [-0.39, 0.29) is 24.3 Å². The second-order valence-electron chi connectivity index (χ2n) is 8.53. The molecule has 8 heteroatoms. The number of benzene rings is 2. The standard InChI is InChI=1S/C25H24N2O6/c1-14-4-6-16(7-5-14)27-23(29)20-19-8-9-25(33-19,21(20)24(27)30)13-26-22(28)15-10-17(31-2)12-18(11-15)32-3/h4-12,19-21H,13H2,1-3H3,(H,26,28). The molecule has 5 rings (SSSR count). The zero-order valence-electron chi connectivity index (χ0n) is 18.5. The molecule has 170 valence electrons. The first-order valence-corrected chi connectivity index (χ1v) is 10.7. The van der Waals surface area contributed by atoms with Crippen LogP contribution < -0.4 is 19.7 Å². The fourth-order valence-electron chi connectivity index (χ4n) is 4.91. The molecule has 0 saturated carbocycles. The Bertz CT molecular complexity index is 1150. The lowest BCUT2D eigenvalue weighted by molar-refractivity contribution is -0.126. The van der Waals surface area contributed by atoms with E-state index in [9.17, 15) is 14.4 Å². The molecule has 0 aromatic heterocycles. The number of aryl methyl sites for hydroxylation is 1. The van der Waals surface area contributed by atoms with Crippen molar-refractivity contribution in [1.82, 2.24) is 5.32 Å². The van der Waals surface area contributed by atoms with Crippen LogP contribution in [0.4, 0.5) is 5.69 Å². The number of hydrogen-bond donors (Lipinski definition) is 1. The van der Waals surface area contributed by atoms with Crippen molar-refractivity contribution in [2.75, 3.05) is 25.7 Å². The highest BCUT2D eigenvalue weighted by atomic mass is 16.5. The molecule has 2 fully saturated rings. The summed E-state index contributed by atoms with van der Waals surface area (Å²) in [5, 5.41) is 2.86. The smallest absolute Gasteiger partial charge is 0.251 e. The molecular formula is C25H24N2O6. The van der Waals surface area contributed by atoms with Gasteiger partial charge in [-0.15, -0.1) is 0 Å². The van der Waals surface area contributed by atoms with Gasteiger partial charge < -0.3 is 19.5 Å². The highest BCUT2D eigenvalue weighted by molar-refractivity contribution is 6.23. The molecule has 2 aromatic carbocycles. The number of methoxy groups -OCH3 is 2. The molecule has 3 heterocycles. The van der Waals surface area contributed by atoms with Crippen LogP contribution in [0.2, 0.25) is 0 Å². The van der Waals surface area contributed by atoms with E-state index in [2.05, 4.69) is 5.32 Å². The molecule has 0 spiro atoms. The molecule has 2 saturated heterocycles. The van der Waals surface area contributed by atoms with Crippen LogP contribution in [0.3, 0.4) is 0 Å². The molecule has 3 amide bonds. The zero-order valence-corrected chi connectivity index (χ0v) is 18.5. The number of imide groups is 1. The Balaban J connectivity index is 1.38. The number of hydrogen-bond acceptors (Lipinski definition) is 6. The van der Waals surface area contributed by atoms with Crippen molar-refractivity contribution in [3.8, 4) is 11.5 Å². The molecule has 0 aliphatic carbocycles. The highest BCUT2D eigenvalue weighted by Gasteiger charge is 2.67. The van der Waals surface area contributed by atoms with Crippen LogP contribution in [-0.4, -0.2) is 50.2 Å². The van der Waals surface area contributed by atoms with Crippen LogP contribution >= 0.6 is 0 Å². The van der Waals surface area contributed by atoms with Gasteiger partial charge in [0.1, 0.15) is 17.1 Å². The lowest BCUT2D eigenvalue weighted by Crippen LogP contribution is -2.48. The minimum atomic E-state index is -1.07. The molecule has 2 bridgehead atoms. The third-order valence-electron chi connectivity index (χ3n) is 6.59. The molecule has 4 unspecified atom stereocenters. The summed E-state index contributed by atoms with van der Waals surface area (Å²) in [6, 6.07) is 12.2. The lowest BCUT2D eigenvalue weighted by atomic mass is 9.77. The summed E-state index contributed by atoms with van der Waals surface area (Å²) < 4.78 is 16.6. The molecule has 33 heavy (non-hydrogen) atoms. The van der Waals surface area contributed by atoms with Crippen molar-refractivity contribution >= 4 is 23.4 Å². The summed E-state index contributed by atoms with van der Waals surface area (Å²) >= 11 is 0. The van der Waals surface area contributed by atoms with Gasteiger partial charge in [0, 0.05) is 11.6 Å². The number of carbonyl (C=O) groups is 3. The van der Waals surface area contributed by atoms with Gasteiger partial charge in [-0.2, -0.15) is 0 Å². The third kappa shape index (κ3) is 3.29. The van der Waals surface area contributed by atoms with Gasteiger partial charge in [-0.3, -0.25) is 14.4 Å². The first-order chi connectivity index (χ1) is 15.9. The molecule has 8 nitrogen and oxygen atoms in total. The predicted molar refractivity (Wildman–Crippen MR) is 119 cm³/mol. The van der Waals surface area contributed by atoms with Gasteiger partial charge in [-0.1, -0.05) is 29.8 Å². The van der Waals surface area contributed by atoms with Crippen LogP contribution in [0.25, 0.3) is 0 Å². The van der Waals surface area contributed by atoms with Gasteiger partial charge >= 0.3 is 0 Å². The average Bonchev–Trinajstić information content (AvgIpc) is 3.48. The molecule has 4 atom stereocenters. The van der Waals surface area contributed by atoms with E-state index in [1.54, 1.807) is 36.4 Å². The summed E-state index contributed by atoms with van der Waals surface area (Å²) in [6.07, 6.45) is 3.12. The third-order valence-corrected chi connectivity index (χ3v) is 6.59. The largest absolute Gasteiger partial charge is 0.497 e. The van der Waals surface area contributed by atoms with E-state index < -0.39 is 23.5 Å². The van der Waals surface area contributed by atoms with Crippen LogP contribution in [0, 0.1) is 18.8 Å². The van der Waals surface area contributed by atoms with Crippen molar-refractivity contribution in [1.29, 1.82) is 0 Å². The number of fused-ring (bicyclic) bond motifs is 5. The zero-order chi connectivity index (χ0) is 23.3.